The standard InChI is InChI=1S/C16H20N4OS2/c1-4-10-17-15-18-19-16(23-15)22-12(2)14(21)20(3)11-13-8-6-5-7-9-13/h4-9,12H,1,10-11H2,2-3H3,(H,17,18)/t12-/m0/s1. The summed E-state index contributed by atoms with van der Waals surface area (Å²) in [6, 6.07) is 9.96. The van der Waals surface area contributed by atoms with Gasteiger partial charge in [0.2, 0.25) is 11.0 Å². The molecule has 0 saturated carbocycles. The number of anilines is 1. The van der Waals surface area contributed by atoms with Gasteiger partial charge in [-0.05, 0) is 12.5 Å². The SMILES string of the molecule is C=CCNc1nnc(S[C@@H](C)C(=O)N(C)Cc2ccccc2)s1. The smallest absolute Gasteiger partial charge is 0.235 e. The zero-order chi connectivity index (χ0) is 16.7. The van der Waals surface area contributed by atoms with Crippen LogP contribution in [0.4, 0.5) is 5.13 Å². The van der Waals surface area contributed by atoms with Crippen molar-refractivity contribution in [1.29, 1.82) is 0 Å². The van der Waals surface area contributed by atoms with Gasteiger partial charge in [-0.1, -0.05) is 59.5 Å². The average molecular weight is 348 g/mol. The Bertz CT molecular complexity index is 645. The van der Waals surface area contributed by atoms with E-state index in [1.807, 2.05) is 44.3 Å². The van der Waals surface area contributed by atoms with Crippen LogP contribution in [0.2, 0.25) is 0 Å². The highest BCUT2D eigenvalue weighted by molar-refractivity contribution is 8.02. The number of nitrogens with zero attached hydrogens (tertiary/aromatic N) is 3. The third-order valence-corrected chi connectivity index (χ3v) is 5.12. The predicted octanol–water partition coefficient (Wildman–Crippen LogP) is 3.28. The Labute approximate surface area is 144 Å². The molecule has 1 heterocycles. The Kier molecular flexibility index (Phi) is 6.61. The molecule has 5 nitrogen and oxygen atoms in total. The number of thioether (sulfide) groups is 1. The molecule has 0 radical (unpaired) electrons. The Morgan fingerprint density at radius 3 is 2.87 bits per heavy atom. The van der Waals surface area contributed by atoms with Crippen molar-refractivity contribution in [3.8, 4) is 0 Å². The predicted molar refractivity (Wildman–Crippen MR) is 96.8 cm³/mol. The minimum atomic E-state index is -0.205. The molecule has 23 heavy (non-hydrogen) atoms. The van der Waals surface area contributed by atoms with E-state index in [1.165, 1.54) is 23.1 Å². The molecule has 2 rings (SSSR count). The van der Waals surface area contributed by atoms with Crippen LogP contribution in [-0.4, -0.2) is 39.8 Å². The van der Waals surface area contributed by atoms with E-state index < -0.39 is 0 Å². The molecule has 0 saturated heterocycles. The molecule has 0 spiro atoms. The maximum atomic E-state index is 12.5. The number of rotatable bonds is 8. The number of aromatic nitrogens is 2. The maximum absolute atomic E-state index is 12.5. The van der Waals surface area contributed by atoms with Crippen LogP contribution in [-0.2, 0) is 11.3 Å². The summed E-state index contributed by atoms with van der Waals surface area (Å²) in [6.45, 7) is 6.79. The second kappa shape index (κ2) is 8.69. The van der Waals surface area contributed by atoms with E-state index in [4.69, 9.17) is 0 Å². The van der Waals surface area contributed by atoms with E-state index in [-0.39, 0.29) is 11.2 Å². The van der Waals surface area contributed by atoms with Crippen LogP contribution in [0.15, 0.2) is 47.3 Å². The van der Waals surface area contributed by atoms with Gasteiger partial charge in [0.1, 0.15) is 0 Å². The van der Waals surface area contributed by atoms with Crippen LogP contribution in [0.3, 0.4) is 0 Å². The highest BCUT2D eigenvalue weighted by Crippen LogP contribution is 2.29. The van der Waals surface area contributed by atoms with Gasteiger partial charge in [-0.15, -0.1) is 16.8 Å². The summed E-state index contributed by atoms with van der Waals surface area (Å²) in [5.41, 5.74) is 1.12. The lowest BCUT2D eigenvalue weighted by Crippen LogP contribution is -2.32. The fourth-order valence-electron chi connectivity index (χ4n) is 1.94. The van der Waals surface area contributed by atoms with Gasteiger partial charge >= 0.3 is 0 Å². The maximum Gasteiger partial charge on any atom is 0.235 e. The molecule has 0 aliphatic heterocycles. The molecule has 0 aliphatic carbocycles. The van der Waals surface area contributed by atoms with Gasteiger partial charge in [-0.25, -0.2) is 0 Å². The van der Waals surface area contributed by atoms with Crippen LogP contribution < -0.4 is 5.32 Å². The summed E-state index contributed by atoms with van der Waals surface area (Å²) >= 11 is 2.88. The lowest BCUT2D eigenvalue weighted by Gasteiger charge is -2.20. The average Bonchev–Trinajstić information content (AvgIpc) is 3.00. The Balaban J connectivity index is 1.88. The first kappa shape index (κ1) is 17.5. The first-order chi connectivity index (χ1) is 11.1. The largest absolute Gasteiger partial charge is 0.357 e. The van der Waals surface area contributed by atoms with Crippen molar-refractivity contribution < 1.29 is 4.79 Å². The number of hydrogen-bond donors (Lipinski definition) is 1. The van der Waals surface area contributed by atoms with Crippen LogP contribution in [0.5, 0.6) is 0 Å². The zero-order valence-corrected chi connectivity index (χ0v) is 14.9. The Morgan fingerprint density at radius 2 is 2.17 bits per heavy atom. The van der Waals surface area contributed by atoms with E-state index >= 15 is 0 Å². The van der Waals surface area contributed by atoms with E-state index in [2.05, 4.69) is 22.1 Å². The second-order valence-corrected chi connectivity index (χ2v) is 7.55. The molecule has 1 atom stereocenters. The van der Waals surface area contributed by atoms with Crippen LogP contribution in [0.1, 0.15) is 12.5 Å². The summed E-state index contributed by atoms with van der Waals surface area (Å²) in [4.78, 5) is 14.2. The minimum absolute atomic E-state index is 0.0784. The normalized spacial score (nSPS) is 11.7. The molecule has 2 aromatic rings. The van der Waals surface area contributed by atoms with Crippen molar-refractivity contribution in [1.82, 2.24) is 15.1 Å². The van der Waals surface area contributed by atoms with Crippen molar-refractivity contribution in [2.75, 3.05) is 18.9 Å². The van der Waals surface area contributed by atoms with E-state index in [0.717, 1.165) is 15.0 Å². The van der Waals surface area contributed by atoms with Gasteiger partial charge in [0.25, 0.3) is 0 Å². The third kappa shape index (κ3) is 5.37. The van der Waals surface area contributed by atoms with Crippen molar-refractivity contribution in [3.63, 3.8) is 0 Å². The Hall–Kier alpha value is -1.86. The van der Waals surface area contributed by atoms with Gasteiger partial charge in [0.05, 0.1) is 5.25 Å². The Morgan fingerprint density at radius 1 is 1.43 bits per heavy atom. The van der Waals surface area contributed by atoms with Crippen LogP contribution >= 0.6 is 23.1 Å². The number of hydrogen-bond acceptors (Lipinski definition) is 6. The number of amides is 1. The number of carbonyl (C=O) groups is 1. The highest BCUT2D eigenvalue weighted by Gasteiger charge is 2.20. The van der Waals surface area contributed by atoms with Crippen molar-refractivity contribution >= 4 is 34.1 Å². The number of benzene rings is 1. The lowest BCUT2D eigenvalue weighted by molar-refractivity contribution is -0.129. The van der Waals surface area contributed by atoms with E-state index in [9.17, 15) is 4.79 Å². The first-order valence-electron chi connectivity index (χ1n) is 7.24. The molecular weight excluding hydrogens is 328 g/mol. The topological polar surface area (TPSA) is 58.1 Å². The fourth-order valence-corrected chi connectivity index (χ4v) is 3.95. The van der Waals surface area contributed by atoms with Gasteiger partial charge in [-0.2, -0.15) is 0 Å². The number of nitrogens with one attached hydrogen (secondary N) is 1. The third-order valence-electron chi connectivity index (χ3n) is 3.07. The quantitative estimate of drug-likeness (QED) is 0.586. The van der Waals surface area contributed by atoms with Crippen molar-refractivity contribution in [2.45, 2.75) is 23.1 Å². The molecule has 7 heteroatoms. The fraction of sp³-hybridized carbons (Fsp3) is 0.312. The summed E-state index contributed by atoms with van der Waals surface area (Å²) < 4.78 is 0.783. The zero-order valence-electron chi connectivity index (χ0n) is 13.2. The molecule has 0 fully saturated rings. The molecule has 1 aromatic carbocycles. The molecule has 122 valence electrons. The molecule has 1 amide bonds. The molecule has 0 bridgehead atoms. The van der Waals surface area contributed by atoms with Crippen molar-refractivity contribution in [3.05, 3.63) is 48.6 Å². The van der Waals surface area contributed by atoms with E-state index in [1.54, 1.807) is 11.0 Å². The molecule has 1 aromatic heterocycles. The summed E-state index contributed by atoms with van der Waals surface area (Å²) in [5, 5.41) is 11.8. The molecule has 0 unspecified atom stereocenters. The van der Waals surface area contributed by atoms with Crippen LogP contribution in [0.25, 0.3) is 0 Å². The number of carbonyl (C=O) groups excluding carboxylic acids is 1. The van der Waals surface area contributed by atoms with E-state index in [0.29, 0.717) is 13.1 Å². The second-order valence-electron chi connectivity index (χ2n) is 4.98. The van der Waals surface area contributed by atoms with Gasteiger partial charge in [0, 0.05) is 20.1 Å². The minimum Gasteiger partial charge on any atom is -0.357 e. The molecular formula is C16H20N4OS2. The van der Waals surface area contributed by atoms with Gasteiger partial charge < -0.3 is 10.2 Å². The molecule has 1 N–H and O–H groups in total. The monoisotopic (exact) mass is 348 g/mol. The van der Waals surface area contributed by atoms with Crippen molar-refractivity contribution in [2.24, 2.45) is 0 Å². The highest BCUT2D eigenvalue weighted by atomic mass is 32.2. The first-order valence-corrected chi connectivity index (χ1v) is 8.93. The summed E-state index contributed by atoms with van der Waals surface area (Å²) in [6.07, 6.45) is 1.76. The summed E-state index contributed by atoms with van der Waals surface area (Å²) in [5.74, 6) is 0.0784. The molecule has 0 aliphatic rings. The van der Waals surface area contributed by atoms with Gasteiger partial charge in [-0.3, -0.25) is 4.79 Å². The lowest BCUT2D eigenvalue weighted by atomic mass is 10.2. The van der Waals surface area contributed by atoms with Gasteiger partial charge in [0.15, 0.2) is 4.34 Å². The van der Waals surface area contributed by atoms with Crippen LogP contribution in [0, 0.1) is 0 Å². The summed E-state index contributed by atoms with van der Waals surface area (Å²) in [7, 11) is 1.82.